The first-order chi connectivity index (χ1) is 5.52. The molecule has 1 aromatic heterocycles. The van der Waals surface area contributed by atoms with Gasteiger partial charge in [0.1, 0.15) is 5.76 Å². The normalized spacial score (nSPS) is 10.2. The standard InChI is InChI=1S/C8H9BrO3/c1-4-6(3-7(10)11)5(2)12-8(4)9/h3H2,1-2H3,(H,10,11). The maximum absolute atomic E-state index is 10.4. The quantitative estimate of drug-likeness (QED) is 0.852. The minimum absolute atomic E-state index is 0.0206. The topological polar surface area (TPSA) is 50.4 Å². The summed E-state index contributed by atoms with van der Waals surface area (Å²) in [5.41, 5.74) is 1.63. The number of aryl methyl sites for hydroxylation is 1. The van der Waals surface area contributed by atoms with Crippen molar-refractivity contribution < 1.29 is 14.3 Å². The molecule has 0 unspecified atom stereocenters. The molecule has 0 aliphatic heterocycles. The lowest BCUT2D eigenvalue weighted by atomic mass is 10.1. The molecule has 0 aliphatic rings. The fraction of sp³-hybridized carbons (Fsp3) is 0.375. The van der Waals surface area contributed by atoms with Crippen LogP contribution < -0.4 is 0 Å². The van der Waals surface area contributed by atoms with Crippen LogP contribution in [-0.4, -0.2) is 11.1 Å². The van der Waals surface area contributed by atoms with E-state index < -0.39 is 5.97 Å². The number of carboxylic acid groups (broad SMARTS) is 1. The van der Waals surface area contributed by atoms with Gasteiger partial charge in [-0.15, -0.1) is 0 Å². The second-order valence-corrected chi connectivity index (χ2v) is 3.33. The Labute approximate surface area is 78.5 Å². The Morgan fingerprint density at radius 3 is 2.50 bits per heavy atom. The van der Waals surface area contributed by atoms with Crippen molar-refractivity contribution in [3.8, 4) is 0 Å². The summed E-state index contributed by atoms with van der Waals surface area (Å²) >= 11 is 3.20. The summed E-state index contributed by atoms with van der Waals surface area (Å²) in [5.74, 6) is -0.170. The van der Waals surface area contributed by atoms with E-state index in [0.29, 0.717) is 10.4 Å². The number of hydrogen-bond acceptors (Lipinski definition) is 2. The highest BCUT2D eigenvalue weighted by Gasteiger charge is 2.14. The predicted octanol–water partition coefficient (Wildman–Crippen LogP) is 2.29. The Kier molecular flexibility index (Phi) is 2.57. The van der Waals surface area contributed by atoms with Crippen LogP contribution in [0.15, 0.2) is 9.09 Å². The fourth-order valence-electron chi connectivity index (χ4n) is 1.06. The molecule has 12 heavy (non-hydrogen) atoms. The number of aliphatic carboxylic acids is 1. The second kappa shape index (κ2) is 3.31. The Balaban J connectivity index is 3.05. The molecule has 1 rings (SSSR count). The molecule has 66 valence electrons. The summed E-state index contributed by atoms with van der Waals surface area (Å²) in [6.07, 6.45) is 0.0206. The van der Waals surface area contributed by atoms with Gasteiger partial charge in [-0.2, -0.15) is 0 Å². The highest BCUT2D eigenvalue weighted by Crippen LogP contribution is 2.26. The van der Waals surface area contributed by atoms with Crippen molar-refractivity contribution >= 4 is 21.9 Å². The molecule has 4 heteroatoms. The van der Waals surface area contributed by atoms with Gasteiger partial charge in [0.2, 0.25) is 0 Å². The first kappa shape index (κ1) is 9.32. The summed E-state index contributed by atoms with van der Waals surface area (Å²) in [6, 6.07) is 0. The minimum atomic E-state index is -0.838. The molecule has 0 aromatic carbocycles. The molecule has 0 fully saturated rings. The Bertz CT molecular complexity index is 314. The smallest absolute Gasteiger partial charge is 0.307 e. The van der Waals surface area contributed by atoms with E-state index in [1.54, 1.807) is 6.92 Å². The average molecular weight is 233 g/mol. The molecule has 0 aliphatic carbocycles. The van der Waals surface area contributed by atoms with Crippen molar-refractivity contribution in [3.63, 3.8) is 0 Å². The summed E-state index contributed by atoms with van der Waals surface area (Å²) in [5, 5.41) is 8.57. The zero-order chi connectivity index (χ0) is 9.30. The van der Waals surface area contributed by atoms with Crippen molar-refractivity contribution in [1.82, 2.24) is 0 Å². The molecule has 0 atom stereocenters. The molecule has 0 spiro atoms. The molecule has 0 saturated carbocycles. The van der Waals surface area contributed by atoms with Crippen molar-refractivity contribution in [2.75, 3.05) is 0 Å². The highest BCUT2D eigenvalue weighted by atomic mass is 79.9. The van der Waals surface area contributed by atoms with Gasteiger partial charge >= 0.3 is 5.97 Å². The molecule has 1 N–H and O–H groups in total. The zero-order valence-electron chi connectivity index (χ0n) is 6.85. The number of halogens is 1. The summed E-state index contributed by atoms with van der Waals surface area (Å²) in [7, 11) is 0. The molecule has 1 aromatic rings. The number of hydrogen-bond donors (Lipinski definition) is 1. The number of furan rings is 1. The van der Waals surface area contributed by atoms with E-state index in [4.69, 9.17) is 9.52 Å². The van der Waals surface area contributed by atoms with Crippen LogP contribution in [0.3, 0.4) is 0 Å². The van der Waals surface area contributed by atoms with Gasteiger partial charge in [0, 0.05) is 11.1 Å². The molecule has 0 amide bonds. The van der Waals surface area contributed by atoms with Gasteiger partial charge in [-0.25, -0.2) is 0 Å². The van der Waals surface area contributed by atoms with E-state index >= 15 is 0 Å². The SMILES string of the molecule is Cc1oc(Br)c(C)c1CC(=O)O. The van der Waals surface area contributed by atoms with Crippen molar-refractivity contribution in [3.05, 3.63) is 21.6 Å². The van der Waals surface area contributed by atoms with Crippen LogP contribution in [0.4, 0.5) is 0 Å². The minimum Gasteiger partial charge on any atom is -0.481 e. The molecular formula is C8H9BrO3. The second-order valence-electron chi connectivity index (χ2n) is 2.61. The highest BCUT2D eigenvalue weighted by molar-refractivity contribution is 9.10. The maximum Gasteiger partial charge on any atom is 0.307 e. The van der Waals surface area contributed by atoms with Gasteiger partial charge in [-0.05, 0) is 29.8 Å². The first-order valence-corrected chi connectivity index (χ1v) is 4.28. The Hall–Kier alpha value is -0.770. The molecule has 0 radical (unpaired) electrons. The largest absolute Gasteiger partial charge is 0.481 e. The molecular weight excluding hydrogens is 224 g/mol. The fourth-order valence-corrected chi connectivity index (χ4v) is 1.55. The summed E-state index contributed by atoms with van der Waals surface area (Å²) in [6.45, 7) is 3.59. The summed E-state index contributed by atoms with van der Waals surface area (Å²) < 4.78 is 5.82. The summed E-state index contributed by atoms with van der Waals surface area (Å²) in [4.78, 5) is 10.4. The van der Waals surface area contributed by atoms with Crippen LogP contribution >= 0.6 is 15.9 Å². The Morgan fingerprint density at radius 1 is 1.58 bits per heavy atom. The Morgan fingerprint density at radius 2 is 2.17 bits per heavy atom. The lowest BCUT2D eigenvalue weighted by molar-refractivity contribution is -0.136. The van der Waals surface area contributed by atoms with E-state index in [2.05, 4.69) is 15.9 Å². The third-order valence-corrected chi connectivity index (χ3v) is 2.50. The number of carbonyl (C=O) groups is 1. The zero-order valence-corrected chi connectivity index (χ0v) is 8.43. The average Bonchev–Trinajstić information content (AvgIpc) is 2.16. The van der Waals surface area contributed by atoms with Crippen LogP contribution in [0.2, 0.25) is 0 Å². The van der Waals surface area contributed by atoms with Crippen LogP contribution in [0.25, 0.3) is 0 Å². The van der Waals surface area contributed by atoms with Crippen LogP contribution in [0, 0.1) is 13.8 Å². The van der Waals surface area contributed by atoms with Gasteiger partial charge < -0.3 is 9.52 Å². The predicted molar refractivity (Wildman–Crippen MR) is 47.2 cm³/mol. The van der Waals surface area contributed by atoms with Gasteiger partial charge in [0.25, 0.3) is 0 Å². The van der Waals surface area contributed by atoms with Crippen LogP contribution in [-0.2, 0) is 11.2 Å². The van der Waals surface area contributed by atoms with Crippen molar-refractivity contribution in [1.29, 1.82) is 0 Å². The number of rotatable bonds is 2. The molecule has 0 bridgehead atoms. The van der Waals surface area contributed by atoms with Gasteiger partial charge in [0.05, 0.1) is 6.42 Å². The monoisotopic (exact) mass is 232 g/mol. The van der Waals surface area contributed by atoms with Crippen LogP contribution in [0.5, 0.6) is 0 Å². The van der Waals surface area contributed by atoms with Gasteiger partial charge in [-0.1, -0.05) is 0 Å². The van der Waals surface area contributed by atoms with Crippen molar-refractivity contribution in [2.24, 2.45) is 0 Å². The van der Waals surface area contributed by atoms with E-state index in [9.17, 15) is 4.79 Å². The molecule has 1 heterocycles. The van der Waals surface area contributed by atoms with E-state index in [1.807, 2.05) is 6.92 Å². The molecule has 3 nitrogen and oxygen atoms in total. The van der Waals surface area contributed by atoms with Crippen molar-refractivity contribution in [2.45, 2.75) is 20.3 Å². The lowest BCUT2D eigenvalue weighted by Gasteiger charge is -1.94. The molecule has 0 saturated heterocycles. The number of carboxylic acids is 1. The third kappa shape index (κ3) is 1.69. The van der Waals surface area contributed by atoms with E-state index in [1.165, 1.54) is 0 Å². The third-order valence-electron chi connectivity index (χ3n) is 1.74. The lowest BCUT2D eigenvalue weighted by Crippen LogP contribution is -2.01. The van der Waals surface area contributed by atoms with Crippen LogP contribution in [0.1, 0.15) is 16.9 Å². The first-order valence-electron chi connectivity index (χ1n) is 3.48. The van der Waals surface area contributed by atoms with E-state index in [-0.39, 0.29) is 6.42 Å². The van der Waals surface area contributed by atoms with Gasteiger partial charge in [0.15, 0.2) is 4.67 Å². The van der Waals surface area contributed by atoms with E-state index in [0.717, 1.165) is 11.1 Å². The van der Waals surface area contributed by atoms with Gasteiger partial charge in [-0.3, -0.25) is 4.79 Å². The maximum atomic E-state index is 10.4.